The van der Waals surface area contributed by atoms with Crippen LogP contribution in [0.15, 0.2) is 78.4 Å². The molecule has 0 aromatic heterocycles. The zero-order valence-corrected chi connectivity index (χ0v) is 18.6. The first kappa shape index (κ1) is 22.7. The molecular formula is C26H22N2O6. The topological polar surface area (TPSA) is 110 Å². The number of Topliss-reactive ketones (excluding diaryl/α,β-unsaturated/α-hetero) is 1. The fraction of sp³-hybridized carbons (Fsp3) is 0.154. The molecule has 1 atom stereocenters. The van der Waals surface area contributed by atoms with Gasteiger partial charge in [0.05, 0.1) is 23.6 Å². The van der Waals surface area contributed by atoms with Crippen molar-refractivity contribution < 1.29 is 24.4 Å². The molecule has 1 heterocycles. The molecule has 4 rings (SSSR count). The van der Waals surface area contributed by atoms with Crippen molar-refractivity contribution in [1.82, 2.24) is 0 Å². The minimum absolute atomic E-state index is 0.122. The number of aliphatic hydroxyl groups is 1. The normalized spacial score (nSPS) is 17.1. The number of amides is 1. The number of aliphatic hydroxyl groups excluding tert-OH is 1. The Kier molecular flexibility index (Phi) is 6.14. The lowest BCUT2D eigenvalue weighted by molar-refractivity contribution is -0.384. The molecule has 8 nitrogen and oxygen atoms in total. The maximum Gasteiger partial charge on any atom is 0.300 e. The van der Waals surface area contributed by atoms with Crippen molar-refractivity contribution in [2.24, 2.45) is 0 Å². The lowest BCUT2D eigenvalue weighted by Crippen LogP contribution is -2.29. The Labute approximate surface area is 195 Å². The first-order valence-electron chi connectivity index (χ1n) is 10.6. The van der Waals surface area contributed by atoms with Crippen LogP contribution in [0.3, 0.4) is 0 Å². The number of nitro benzene ring substituents is 1. The number of nitrogens with zero attached hydrogens (tertiary/aromatic N) is 2. The van der Waals surface area contributed by atoms with Crippen molar-refractivity contribution in [3.8, 4) is 5.75 Å². The molecule has 1 amide bonds. The van der Waals surface area contributed by atoms with E-state index in [2.05, 4.69) is 0 Å². The largest absolute Gasteiger partial charge is 0.507 e. The van der Waals surface area contributed by atoms with Crippen LogP contribution >= 0.6 is 0 Å². The molecule has 3 aromatic rings. The molecule has 1 aliphatic heterocycles. The molecule has 0 aliphatic carbocycles. The van der Waals surface area contributed by atoms with Crippen molar-refractivity contribution in [3.05, 3.63) is 105 Å². The van der Waals surface area contributed by atoms with Crippen LogP contribution in [0, 0.1) is 10.1 Å². The Hall–Kier alpha value is -4.46. The van der Waals surface area contributed by atoms with Crippen LogP contribution in [-0.2, 0) is 16.0 Å². The zero-order valence-electron chi connectivity index (χ0n) is 18.6. The minimum atomic E-state index is -0.959. The molecule has 0 bridgehead atoms. The average Bonchev–Trinajstić information content (AvgIpc) is 3.13. The third kappa shape index (κ3) is 3.90. The van der Waals surface area contributed by atoms with E-state index >= 15 is 0 Å². The number of hydrogen-bond donors (Lipinski definition) is 1. The van der Waals surface area contributed by atoms with E-state index in [0.29, 0.717) is 17.0 Å². The fourth-order valence-corrected chi connectivity index (χ4v) is 4.07. The summed E-state index contributed by atoms with van der Waals surface area (Å²) in [7, 11) is 1.48. The Morgan fingerprint density at radius 1 is 1.03 bits per heavy atom. The Balaban J connectivity index is 1.93. The summed E-state index contributed by atoms with van der Waals surface area (Å²) in [6.45, 7) is 2.01. The van der Waals surface area contributed by atoms with Crippen molar-refractivity contribution in [1.29, 1.82) is 0 Å². The molecular weight excluding hydrogens is 436 g/mol. The number of ether oxygens (including phenoxy) is 1. The van der Waals surface area contributed by atoms with E-state index in [0.717, 1.165) is 12.0 Å². The molecule has 1 fully saturated rings. The van der Waals surface area contributed by atoms with Crippen LogP contribution < -0.4 is 9.64 Å². The Morgan fingerprint density at radius 2 is 1.68 bits per heavy atom. The molecule has 1 saturated heterocycles. The quantitative estimate of drug-likeness (QED) is 0.187. The van der Waals surface area contributed by atoms with E-state index in [-0.39, 0.29) is 16.8 Å². The number of carbonyl (C=O) groups excluding carboxylic acids is 2. The number of ketones is 1. The van der Waals surface area contributed by atoms with Gasteiger partial charge in [-0.1, -0.05) is 37.3 Å². The van der Waals surface area contributed by atoms with Crippen molar-refractivity contribution in [3.63, 3.8) is 0 Å². The predicted octanol–water partition coefficient (Wildman–Crippen LogP) is 4.79. The summed E-state index contributed by atoms with van der Waals surface area (Å²) in [5.41, 5.74) is 1.99. The minimum Gasteiger partial charge on any atom is -0.507 e. The molecule has 0 spiro atoms. The van der Waals surface area contributed by atoms with Gasteiger partial charge in [0.2, 0.25) is 0 Å². The fourth-order valence-electron chi connectivity index (χ4n) is 4.07. The van der Waals surface area contributed by atoms with Crippen LogP contribution in [0.1, 0.15) is 29.7 Å². The number of hydrogen-bond acceptors (Lipinski definition) is 6. The van der Waals surface area contributed by atoms with Gasteiger partial charge in [0.15, 0.2) is 0 Å². The first-order chi connectivity index (χ1) is 16.4. The Bertz CT molecular complexity index is 1300. The van der Waals surface area contributed by atoms with Crippen molar-refractivity contribution in [2.45, 2.75) is 19.4 Å². The molecule has 1 N–H and O–H groups in total. The monoisotopic (exact) mass is 458 g/mol. The number of non-ortho nitro benzene ring substituents is 1. The molecule has 1 aliphatic rings. The molecule has 172 valence electrons. The summed E-state index contributed by atoms with van der Waals surface area (Å²) < 4.78 is 5.50. The predicted molar refractivity (Wildman–Crippen MR) is 127 cm³/mol. The van der Waals surface area contributed by atoms with E-state index in [1.165, 1.54) is 36.3 Å². The zero-order chi connectivity index (χ0) is 24.4. The highest BCUT2D eigenvalue weighted by Crippen LogP contribution is 2.44. The summed E-state index contributed by atoms with van der Waals surface area (Å²) in [6.07, 6.45) is 0.815. The highest BCUT2D eigenvalue weighted by molar-refractivity contribution is 6.51. The Morgan fingerprint density at radius 3 is 2.26 bits per heavy atom. The van der Waals surface area contributed by atoms with Crippen molar-refractivity contribution in [2.75, 3.05) is 12.0 Å². The second kappa shape index (κ2) is 9.19. The van der Waals surface area contributed by atoms with Crippen LogP contribution in [0.25, 0.3) is 5.76 Å². The van der Waals surface area contributed by atoms with Gasteiger partial charge in [-0.05, 0) is 42.3 Å². The standard InChI is InChI=1S/C26H22N2O6/c1-3-16-8-12-18(13-9-16)27-23(20-6-4-5-7-21(20)34-2)22(25(30)26(27)31)24(29)17-10-14-19(15-11-17)28(32)33/h4-15,23,29H,3H2,1-2H3/b24-22+. The second-order valence-electron chi connectivity index (χ2n) is 7.74. The van der Waals surface area contributed by atoms with Gasteiger partial charge in [-0.3, -0.25) is 24.6 Å². The van der Waals surface area contributed by atoms with Gasteiger partial charge in [-0.2, -0.15) is 0 Å². The number of carbonyl (C=O) groups is 2. The molecule has 8 heteroatoms. The number of para-hydroxylation sites is 1. The van der Waals surface area contributed by atoms with Crippen LogP contribution in [0.5, 0.6) is 5.75 Å². The lowest BCUT2D eigenvalue weighted by Gasteiger charge is -2.26. The van der Waals surface area contributed by atoms with Gasteiger partial charge < -0.3 is 9.84 Å². The number of rotatable bonds is 6. The molecule has 0 saturated carbocycles. The van der Waals surface area contributed by atoms with E-state index in [9.17, 15) is 24.8 Å². The van der Waals surface area contributed by atoms with Gasteiger partial charge in [-0.25, -0.2) is 0 Å². The summed E-state index contributed by atoms with van der Waals surface area (Å²) >= 11 is 0. The van der Waals surface area contributed by atoms with Crippen molar-refractivity contribution >= 4 is 28.8 Å². The summed E-state index contributed by atoms with van der Waals surface area (Å²) in [5, 5.41) is 22.1. The third-order valence-corrected chi connectivity index (χ3v) is 5.85. The molecule has 0 radical (unpaired) electrons. The summed E-state index contributed by atoms with van der Waals surface area (Å²) in [4.78, 5) is 38.2. The van der Waals surface area contributed by atoms with Gasteiger partial charge in [0, 0.05) is 28.9 Å². The maximum absolute atomic E-state index is 13.2. The highest BCUT2D eigenvalue weighted by Gasteiger charge is 2.47. The summed E-state index contributed by atoms with van der Waals surface area (Å²) in [6, 6.07) is 18.4. The number of benzene rings is 3. The summed E-state index contributed by atoms with van der Waals surface area (Å²) in [5.74, 6) is -1.62. The number of aryl methyl sites for hydroxylation is 1. The smallest absolute Gasteiger partial charge is 0.300 e. The van der Waals surface area contributed by atoms with Crippen LogP contribution in [0.4, 0.5) is 11.4 Å². The van der Waals surface area contributed by atoms with E-state index < -0.39 is 28.4 Å². The third-order valence-electron chi connectivity index (χ3n) is 5.85. The second-order valence-corrected chi connectivity index (χ2v) is 7.74. The van der Waals surface area contributed by atoms with Crippen LogP contribution in [-0.4, -0.2) is 28.8 Å². The molecule has 3 aromatic carbocycles. The number of methoxy groups -OCH3 is 1. The maximum atomic E-state index is 13.2. The van der Waals surface area contributed by atoms with Gasteiger partial charge in [0.1, 0.15) is 11.5 Å². The molecule has 1 unspecified atom stereocenters. The van der Waals surface area contributed by atoms with Gasteiger partial charge in [-0.15, -0.1) is 0 Å². The SMILES string of the molecule is CCc1ccc(N2C(=O)C(=O)/C(=C(/O)c3ccc([N+](=O)[O-])cc3)C2c2ccccc2OC)cc1. The first-order valence-corrected chi connectivity index (χ1v) is 10.6. The number of anilines is 1. The van der Waals surface area contributed by atoms with E-state index in [1.54, 1.807) is 36.4 Å². The van der Waals surface area contributed by atoms with E-state index in [1.807, 2.05) is 19.1 Å². The van der Waals surface area contributed by atoms with Gasteiger partial charge in [0.25, 0.3) is 17.4 Å². The lowest BCUT2D eigenvalue weighted by atomic mass is 9.94. The number of nitro groups is 1. The highest BCUT2D eigenvalue weighted by atomic mass is 16.6. The van der Waals surface area contributed by atoms with Gasteiger partial charge >= 0.3 is 0 Å². The molecule has 34 heavy (non-hydrogen) atoms. The average molecular weight is 458 g/mol. The van der Waals surface area contributed by atoms with Crippen LogP contribution in [0.2, 0.25) is 0 Å². The van der Waals surface area contributed by atoms with E-state index in [4.69, 9.17) is 4.74 Å².